The van der Waals surface area contributed by atoms with Gasteiger partial charge in [0, 0.05) is 10.5 Å². The molecule has 2 N–H and O–H groups in total. The van der Waals surface area contributed by atoms with Crippen LogP contribution in [0.15, 0.2) is 47.4 Å². The van der Waals surface area contributed by atoms with Crippen LogP contribution in [0.4, 0.5) is 18.0 Å². The molecule has 188 valence electrons. The van der Waals surface area contributed by atoms with E-state index in [-0.39, 0.29) is 5.75 Å². The van der Waals surface area contributed by atoms with Crippen molar-refractivity contribution in [3.8, 4) is 22.9 Å². The van der Waals surface area contributed by atoms with E-state index < -0.39 is 12.5 Å². The fraction of sp³-hybridized carbons (Fsp3) is 0.348. The highest BCUT2D eigenvalue weighted by atomic mass is 32.2. The summed E-state index contributed by atoms with van der Waals surface area (Å²) in [7, 11) is 0. The van der Waals surface area contributed by atoms with Crippen molar-refractivity contribution in [2.75, 3.05) is 0 Å². The predicted octanol–water partition coefficient (Wildman–Crippen LogP) is 7.25. The molecular formula is C23H23F3N2O5S2. The molecule has 1 heterocycles. The number of nitrogens with zero attached hydrogens (tertiary/aromatic N) is 2. The zero-order valence-electron chi connectivity index (χ0n) is 18.6. The van der Waals surface area contributed by atoms with Crippen molar-refractivity contribution in [2.24, 2.45) is 0 Å². The molecular weight excluding hydrogens is 505 g/mol. The normalized spacial score (nSPS) is 13.7. The first kappa shape index (κ1) is 26.6. The summed E-state index contributed by atoms with van der Waals surface area (Å²) < 4.78 is 51.2. The van der Waals surface area contributed by atoms with Crippen molar-refractivity contribution in [3.05, 3.63) is 53.0 Å². The summed E-state index contributed by atoms with van der Waals surface area (Å²) in [6.07, 6.45) is -1.45. The van der Waals surface area contributed by atoms with E-state index in [1.807, 2.05) is 6.07 Å². The molecule has 1 aliphatic carbocycles. The van der Waals surface area contributed by atoms with E-state index in [0.29, 0.717) is 23.2 Å². The van der Waals surface area contributed by atoms with Gasteiger partial charge in [0.05, 0.1) is 11.9 Å². The van der Waals surface area contributed by atoms with E-state index in [1.54, 1.807) is 11.8 Å². The summed E-state index contributed by atoms with van der Waals surface area (Å²) in [5.41, 5.74) is 1.77. The standard InChI is InChI=1S/C22H21F3N2O2S2.CH2O3/c1-14-12-18(10-11-19(14)28-16-4-2-3-5-16)30-13-20-26-21(27-31-20)15-6-8-17(9-7-15)29-22(23,24)25;2-1(3)4/h6-12,16H,2-5,13H2,1H3;(H2,2,3,4). The zero-order valence-corrected chi connectivity index (χ0v) is 20.3. The van der Waals surface area contributed by atoms with Gasteiger partial charge in [0.25, 0.3) is 0 Å². The third-order valence-electron chi connectivity index (χ3n) is 4.92. The van der Waals surface area contributed by atoms with Crippen LogP contribution in [0.2, 0.25) is 0 Å². The molecule has 1 aromatic heterocycles. The lowest BCUT2D eigenvalue weighted by Gasteiger charge is -2.15. The molecule has 0 unspecified atom stereocenters. The zero-order chi connectivity index (χ0) is 25.4. The topological polar surface area (TPSA) is 102 Å². The molecule has 0 amide bonds. The van der Waals surface area contributed by atoms with Gasteiger partial charge in [-0.3, -0.25) is 0 Å². The average Bonchev–Trinajstić information content (AvgIpc) is 3.45. The van der Waals surface area contributed by atoms with Gasteiger partial charge < -0.3 is 19.7 Å². The molecule has 0 radical (unpaired) electrons. The number of halogens is 3. The summed E-state index contributed by atoms with van der Waals surface area (Å²) >= 11 is 2.95. The Kier molecular flexibility index (Phi) is 9.21. The number of hydrogen-bond donors (Lipinski definition) is 2. The molecule has 12 heteroatoms. The first-order valence-electron chi connectivity index (χ1n) is 10.6. The van der Waals surface area contributed by atoms with E-state index in [9.17, 15) is 13.2 Å². The maximum absolute atomic E-state index is 12.3. The van der Waals surface area contributed by atoms with Crippen LogP contribution >= 0.6 is 23.3 Å². The lowest BCUT2D eigenvalue weighted by molar-refractivity contribution is -0.274. The van der Waals surface area contributed by atoms with Crippen molar-refractivity contribution in [2.45, 2.75) is 55.7 Å². The summed E-state index contributed by atoms with van der Waals surface area (Å²) in [6, 6.07) is 11.8. The van der Waals surface area contributed by atoms with Crippen molar-refractivity contribution in [3.63, 3.8) is 0 Å². The molecule has 0 saturated heterocycles. The highest BCUT2D eigenvalue weighted by Gasteiger charge is 2.31. The predicted molar refractivity (Wildman–Crippen MR) is 126 cm³/mol. The Labute approximate surface area is 208 Å². The molecule has 0 spiro atoms. The number of aromatic nitrogens is 2. The van der Waals surface area contributed by atoms with Gasteiger partial charge in [-0.1, -0.05) is 0 Å². The van der Waals surface area contributed by atoms with Crippen molar-refractivity contribution in [1.29, 1.82) is 0 Å². The molecule has 1 aliphatic rings. The average molecular weight is 529 g/mol. The Hall–Kier alpha value is -2.99. The molecule has 1 saturated carbocycles. The van der Waals surface area contributed by atoms with Crippen molar-refractivity contribution >= 4 is 29.4 Å². The fourth-order valence-corrected chi connectivity index (χ4v) is 5.04. The molecule has 3 aromatic rings. The van der Waals surface area contributed by atoms with Crippen LogP contribution in [0.25, 0.3) is 11.4 Å². The molecule has 4 rings (SSSR count). The SMILES string of the molecule is Cc1cc(SCc2nc(-c3ccc(OC(F)(F)F)cc3)ns2)ccc1OC1CCCC1.O=C(O)O. The number of thioether (sulfide) groups is 1. The van der Waals surface area contributed by atoms with Crippen LogP contribution in [-0.4, -0.2) is 38.2 Å². The third kappa shape index (κ3) is 8.95. The maximum atomic E-state index is 12.3. The lowest BCUT2D eigenvalue weighted by atomic mass is 10.2. The van der Waals surface area contributed by atoms with Crippen LogP contribution in [0.3, 0.4) is 0 Å². The van der Waals surface area contributed by atoms with E-state index >= 15 is 0 Å². The Morgan fingerprint density at radius 1 is 1.14 bits per heavy atom. The minimum Gasteiger partial charge on any atom is -0.490 e. The molecule has 1 fully saturated rings. The fourth-order valence-electron chi connectivity index (χ4n) is 3.41. The summed E-state index contributed by atoms with van der Waals surface area (Å²) in [5.74, 6) is 1.84. The Balaban J connectivity index is 0.000000795. The van der Waals surface area contributed by atoms with Crippen molar-refractivity contribution in [1.82, 2.24) is 9.36 Å². The van der Waals surface area contributed by atoms with Gasteiger partial charge in [-0.25, -0.2) is 9.78 Å². The Morgan fingerprint density at radius 2 is 1.80 bits per heavy atom. The van der Waals surface area contributed by atoms with Gasteiger partial charge in [-0.15, -0.1) is 24.9 Å². The number of benzene rings is 2. The van der Waals surface area contributed by atoms with Crippen LogP contribution in [0, 0.1) is 6.92 Å². The molecule has 35 heavy (non-hydrogen) atoms. The first-order chi connectivity index (χ1) is 16.6. The number of rotatable bonds is 7. The van der Waals surface area contributed by atoms with Gasteiger partial charge in [0.2, 0.25) is 0 Å². The highest BCUT2D eigenvalue weighted by molar-refractivity contribution is 7.98. The lowest BCUT2D eigenvalue weighted by Crippen LogP contribution is -2.16. The van der Waals surface area contributed by atoms with Gasteiger partial charge in [-0.05, 0) is 92.2 Å². The summed E-state index contributed by atoms with van der Waals surface area (Å²) in [6.45, 7) is 2.06. The number of ether oxygens (including phenoxy) is 2. The van der Waals surface area contributed by atoms with Crippen LogP contribution in [-0.2, 0) is 5.75 Å². The molecule has 0 aliphatic heterocycles. The second kappa shape index (κ2) is 12.1. The van der Waals surface area contributed by atoms with Gasteiger partial charge in [0.1, 0.15) is 16.5 Å². The minimum absolute atomic E-state index is 0.266. The highest BCUT2D eigenvalue weighted by Crippen LogP contribution is 2.32. The minimum atomic E-state index is -4.70. The second-order valence-corrected chi connectivity index (χ2v) is 9.49. The number of carbonyl (C=O) groups is 1. The van der Waals surface area contributed by atoms with E-state index in [2.05, 4.69) is 33.2 Å². The monoisotopic (exact) mass is 528 g/mol. The smallest absolute Gasteiger partial charge is 0.490 e. The Morgan fingerprint density at radius 3 is 2.40 bits per heavy atom. The van der Waals surface area contributed by atoms with Crippen LogP contribution in [0.5, 0.6) is 11.5 Å². The molecule has 0 atom stereocenters. The van der Waals surface area contributed by atoms with Gasteiger partial charge in [-0.2, -0.15) is 4.37 Å². The van der Waals surface area contributed by atoms with E-state index in [0.717, 1.165) is 34.1 Å². The van der Waals surface area contributed by atoms with Crippen LogP contribution < -0.4 is 9.47 Å². The van der Waals surface area contributed by atoms with Gasteiger partial charge in [0.15, 0.2) is 5.82 Å². The number of aryl methyl sites for hydroxylation is 1. The van der Waals surface area contributed by atoms with Gasteiger partial charge >= 0.3 is 12.5 Å². The molecule has 7 nitrogen and oxygen atoms in total. The number of carboxylic acid groups (broad SMARTS) is 2. The second-order valence-electron chi connectivity index (χ2n) is 7.61. The first-order valence-corrected chi connectivity index (χ1v) is 12.4. The van der Waals surface area contributed by atoms with Crippen LogP contribution in [0.1, 0.15) is 36.3 Å². The van der Waals surface area contributed by atoms with E-state index in [1.165, 1.54) is 48.6 Å². The largest absolute Gasteiger partial charge is 0.573 e. The van der Waals surface area contributed by atoms with Crippen molar-refractivity contribution < 1.29 is 37.7 Å². The molecule has 0 bridgehead atoms. The summed E-state index contributed by atoms with van der Waals surface area (Å²) in [4.78, 5) is 14.2. The Bertz CT molecular complexity index is 1110. The number of alkyl halides is 3. The quantitative estimate of drug-likeness (QED) is 0.309. The molecule has 2 aromatic carbocycles. The third-order valence-corrected chi connectivity index (χ3v) is 6.82. The summed E-state index contributed by atoms with van der Waals surface area (Å²) in [5, 5.41) is 14.8. The maximum Gasteiger partial charge on any atom is 0.573 e. The number of hydrogen-bond acceptors (Lipinski definition) is 7. The van der Waals surface area contributed by atoms with E-state index in [4.69, 9.17) is 19.7 Å².